The van der Waals surface area contributed by atoms with E-state index < -0.39 is 11.9 Å². The largest absolute Gasteiger partial charge is 0.492 e. The zero-order valence-corrected chi connectivity index (χ0v) is 27.6. The Balaban J connectivity index is 0.000000825. The summed E-state index contributed by atoms with van der Waals surface area (Å²) in [6.07, 6.45) is 7.56. The van der Waals surface area contributed by atoms with Gasteiger partial charge >= 0.3 is 11.9 Å². The number of ether oxygens (including phenoxy) is 2. The fourth-order valence-corrected chi connectivity index (χ4v) is 4.21. The summed E-state index contributed by atoms with van der Waals surface area (Å²) in [5.41, 5.74) is 3.33. The van der Waals surface area contributed by atoms with E-state index in [1.165, 1.54) is 12.3 Å². The molecule has 0 saturated heterocycles. The first kappa shape index (κ1) is 39.2. The summed E-state index contributed by atoms with van der Waals surface area (Å²) in [6, 6.07) is 16.6. The number of carboxylic acid groups (broad SMARTS) is 2. The summed E-state index contributed by atoms with van der Waals surface area (Å²) in [5.74, 6) is -1.83. The van der Waals surface area contributed by atoms with E-state index in [2.05, 4.69) is 26.7 Å². The zero-order chi connectivity index (χ0) is 35.1. The highest BCUT2D eigenvalue weighted by Crippen LogP contribution is 2.37. The second kappa shape index (κ2) is 19.6. The van der Waals surface area contributed by atoms with Crippen LogP contribution in [0.4, 0.5) is 17.1 Å². The molecule has 0 aliphatic heterocycles. The molecule has 6 N–H and O–H groups in total. The van der Waals surface area contributed by atoms with E-state index in [1.807, 2.05) is 44.1 Å². The van der Waals surface area contributed by atoms with Crippen molar-refractivity contribution in [3.63, 3.8) is 0 Å². The average molecular weight is 691 g/mol. The maximum absolute atomic E-state index is 12.6. The lowest BCUT2D eigenvalue weighted by molar-refractivity contribution is -0.134. The Morgan fingerprint density at radius 3 is 2.33 bits per heavy atom. The minimum absolute atomic E-state index is 0. The van der Waals surface area contributed by atoms with Gasteiger partial charge in [-0.05, 0) is 57.4 Å². The van der Waals surface area contributed by atoms with Crippen LogP contribution in [0, 0.1) is 11.3 Å². The molecule has 0 fully saturated rings. The van der Waals surface area contributed by atoms with Crippen LogP contribution in [0.5, 0.6) is 11.5 Å². The number of benzene rings is 2. The number of likely N-dealkylation sites (N-methyl/N-ethyl adjacent to an activating group) is 1. The molecule has 0 aliphatic rings. The van der Waals surface area contributed by atoms with Crippen LogP contribution in [0.25, 0.3) is 10.9 Å². The predicted octanol–water partition coefficient (Wildman–Crippen LogP) is 4.82. The third kappa shape index (κ3) is 12.6. The average Bonchev–Trinajstić information content (AvgIpc) is 3.04. The molecule has 0 aliphatic carbocycles. The number of fused-ring (bicyclic) bond motifs is 1. The van der Waals surface area contributed by atoms with Crippen molar-refractivity contribution in [3.8, 4) is 17.6 Å². The third-order valence-electron chi connectivity index (χ3n) is 6.06. The van der Waals surface area contributed by atoms with Crippen molar-refractivity contribution < 1.29 is 39.5 Å². The number of carbonyl (C=O) groups is 3. The number of rotatable bonds is 13. The van der Waals surface area contributed by atoms with Crippen molar-refractivity contribution in [2.45, 2.75) is 13.5 Å². The first-order valence-corrected chi connectivity index (χ1v) is 14.7. The number of anilines is 3. The van der Waals surface area contributed by atoms with Crippen LogP contribution in [0.3, 0.4) is 0 Å². The smallest absolute Gasteiger partial charge is 0.328 e. The second-order valence-electron chi connectivity index (χ2n) is 10.0. The molecular formula is C34H35ClN6O8. The first-order valence-electron chi connectivity index (χ1n) is 14.4. The van der Waals surface area contributed by atoms with Crippen molar-refractivity contribution in [1.29, 1.82) is 5.26 Å². The zero-order valence-electron chi connectivity index (χ0n) is 26.8. The lowest BCUT2D eigenvalue weighted by Gasteiger charge is -2.16. The Bertz CT molecular complexity index is 1840. The maximum Gasteiger partial charge on any atom is 0.328 e. The van der Waals surface area contributed by atoms with Gasteiger partial charge in [0.15, 0.2) is 0 Å². The van der Waals surface area contributed by atoms with E-state index in [0.29, 0.717) is 75.4 Å². The molecule has 0 atom stereocenters. The predicted molar refractivity (Wildman–Crippen MR) is 185 cm³/mol. The van der Waals surface area contributed by atoms with Crippen molar-refractivity contribution in [1.82, 2.24) is 14.9 Å². The highest BCUT2D eigenvalue weighted by molar-refractivity contribution is 6.32. The fourth-order valence-electron chi connectivity index (χ4n) is 3.97. The molecule has 0 saturated carbocycles. The summed E-state index contributed by atoms with van der Waals surface area (Å²) in [4.78, 5) is 42.4. The molecule has 2 heterocycles. The van der Waals surface area contributed by atoms with Gasteiger partial charge in [-0.15, -0.1) is 0 Å². The molecule has 0 unspecified atom stereocenters. The molecule has 4 aromatic rings. The number of aromatic nitrogens is 2. The number of aliphatic carboxylic acids is 2. The van der Waals surface area contributed by atoms with Crippen LogP contribution in [0.2, 0.25) is 5.02 Å². The number of carboxylic acids is 2. The van der Waals surface area contributed by atoms with Gasteiger partial charge in [0.2, 0.25) is 5.91 Å². The topological polar surface area (TPSA) is 218 Å². The van der Waals surface area contributed by atoms with Gasteiger partial charge in [0.05, 0.1) is 39.8 Å². The van der Waals surface area contributed by atoms with Crippen LogP contribution in [0.15, 0.2) is 85.2 Å². The van der Waals surface area contributed by atoms with Gasteiger partial charge in [0.1, 0.15) is 24.2 Å². The van der Waals surface area contributed by atoms with E-state index in [-0.39, 0.29) is 18.0 Å². The SMILES string of the molecule is CCOc1cc2ncc(C#N)c(Nc3ccc(OCc4ccccn4)c(Cl)c3)c2cc1NC(=O)/C=C/CN(C)C.O.O=C(O)/C=C\C(=O)O. The van der Waals surface area contributed by atoms with E-state index >= 15 is 0 Å². The monoisotopic (exact) mass is 690 g/mol. The number of nitrogens with one attached hydrogen (secondary N) is 2. The van der Waals surface area contributed by atoms with Crippen LogP contribution in [-0.2, 0) is 21.0 Å². The minimum Gasteiger partial charge on any atom is -0.492 e. The summed E-state index contributed by atoms with van der Waals surface area (Å²) < 4.78 is 11.6. The molecule has 49 heavy (non-hydrogen) atoms. The normalized spacial score (nSPS) is 10.5. The number of nitrogens with zero attached hydrogens (tertiary/aromatic N) is 4. The van der Waals surface area contributed by atoms with Gasteiger partial charge in [0.25, 0.3) is 0 Å². The van der Waals surface area contributed by atoms with Gasteiger partial charge in [-0.3, -0.25) is 14.8 Å². The Labute approximate surface area is 287 Å². The number of amides is 1. The molecule has 4 rings (SSSR count). The molecule has 0 radical (unpaired) electrons. The molecule has 2 aromatic heterocycles. The number of halogens is 1. The highest BCUT2D eigenvalue weighted by Gasteiger charge is 2.16. The van der Waals surface area contributed by atoms with E-state index in [4.69, 9.17) is 31.3 Å². The molecular weight excluding hydrogens is 656 g/mol. The maximum atomic E-state index is 12.6. The Hall–Kier alpha value is -6.01. The van der Waals surface area contributed by atoms with Crippen molar-refractivity contribution in [2.24, 2.45) is 0 Å². The van der Waals surface area contributed by atoms with Gasteiger partial charge in [0, 0.05) is 54.3 Å². The number of carbonyl (C=O) groups excluding carboxylic acids is 1. The van der Waals surface area contributed by atoms with E-state index in [1.54, 1.807) is 42.6 Å². The standard InChI is InChI=1S/C30H29ClN6O3.C4H4O4.H2O/c1-4-39-28-16-25-23(15-26(28)36-29(38)9-7-13-37(2)3)30(20(17-32)18-34-25)35-21-10-11-27(24(31)14-21)40-19-22-8-5-6-12-33-22;5-3(6)1-2-4(7)8;/h5-12,14-16,18H,4,13,19H2,1-3H3,(H,34,35)(H,36,38);1-2H,(H,5,6)(H,7,8);1H2/b9-7+;2-1-;. The Morgan fingerprint density at radius 1 is 1.00 bits per heavy atom. The number of hydrogen-bond acceptors (Lipinski definition) is 10. The lowest BCUT2D eigenvalue weighted by Crippen LogP contribution is -2.13. The van der Waals surface area contributed by atoms with E-state index in [0.717, 1.165) is 5.69 Å². The number of hydrogen-bond donors (Lipinski definition) is 4. The minimum atomic E-state index is -1.26. The summed E-state index contributed by atoms with van der Waals surface area (Å²) >= 11 is 6.52. The number of pyridine rings is 2. The van der Waals surface area contributed by atoms with Gasteiger partial charge < -0.3 is 40.7 Å². The van der Waals surface area contributed by atoms with Crippen molar-refractivity contribution in [2.75, 3.05) is 37.9 Å². The molecule has 1 amide bonds. The van der Waals surface area contributed by atoms with Crippen molar-refractivity contribution in [3.05, 3.63) is 102 Å². The molecule has 14 nitrogen and oxygen atoms in total. The van der Waals surface area contributed by atoms with Crippen LogP contribution in [-0.4, -0.2) is 75.6 Å². The quantitative estimate of drug-likeness (QED) is 0.139. The van der Waals surface area contributed by atoms with Crippen molar-refractivity contribution >= 4 is 57.4 Å². The molecule has 256 valence electrons. The van der Waals surface area contributed by atoms with Crippen LogP contribution < -0.4 is 20.1 Å². The van der Waals surface area contributed by atoms with Gasteiger partial charge in [-0.2, -0.15) is 5.26 Å². The molecule has 15 heteroatoms. The van der Waals surface area contributed by atoms with Gasteiger partial charge in [-0.1, -0.05) is 23.7 Å². The molecule has 0 bridgehead atoms. The number of nitriles is 1. The second-order valence-corrected chi connectivity index (χ2v) is 10.4. The van der Waals surface area contributed by atoms with Crippen LogP contribution >= 0.6 is 11.6 Å². The summed E-state index contributed by atoms with van der Waals surface area (Å²) in [5, 5.41) is 32.7. The third-order valence-corrected chi connectivity index (χ3v) is 6.35. The highest BCUT2D eigenvalue weighted by atomic mass is 35.5. The first-order chi connectivity index (χ1) is 23.0. The van der Waals surface area contributed by atoms with E-state index in [9.17, 15) is 19.6 Å². The Kier molecular flexibility index (Phi) is 15.7. The van der Waals surface area contributed by atoms with Crippen LogP contribution in [0.1, 0.15) is 18.2 Å². The summed E-state index contributed by atoms with van der Waals surface area (Å²) in [6.45, 7) is 3.17. The fraction of sp³-hybridized carbons (Fsp3) is 0.176. The summed E-state index contributed by atoms with van der Waals surface area (Å²) in [7, 11) is 3.84. The molecule has 0 spiro atoms. The molecule has 2 aromatic carbocycles. The lowest BCUT2D eigenvalue weighted by atomic mass is 10.1. The Morgan fingerprint density at radius 2 is 1.73 bits per heavy atom. The van der Waals surface area contributed by atoms with Gasteiger partial charge in [-0.25, -0.2) is 9.59 Å².